The molecule has 0 aliphatic heterocycles. The Bertz CT molecular complexity index is 194. The highest BCUT2D eigenvalue weighted by Gasteiger charge is 2.04. The fourth-order valence-electron chi connectivity index (χ4n) is 1.08. The van der Waals surface area contributed by atoms with Gasteiger partial charge in [0.1, 0.15) is 0 Å². The van der Waals surface area contributed by atoms with Crippen LogP contribution in [0.25, 0.3) is 0 Å². The lowest BCUT2D eigenvalue weighted by Crippen LogP contribution is -1.99. The zero-order chi connectivity index (χ0) is 8.10. The summed E-state index contributed by atoms with van der Waals surface area (Å²) in [7, 11) is 5.12. The van der Waals surface area contributed by atoms with Crippen LogP contribution in [0.15, 0.2) is 30.3 Å². The molecule has 0 bridgehead atoms. The Kier molecular flexibility index (Phi) is 3.18. The summed E-state index contributed by atoms with van der Waals surface area (Å²) in [5.41, 5.74) is 1.14. The number of hydrogen-bond acceptors (Lipinski definition) is 1. The summed E-state index contributed by atoms with van der Waals surface area (Å²) in [5, 5.41) is 0. The molecular formula is C9H11BO. The highest BCUT2D eigenvalue weighted by Crippen LogP contribution is 2.18. The molecule has 1 atom stereocenters. The zero-order valence-corrected chi connectivity index (χ0v) is 6.66. The summed E-state index contributed by atoms with van der Waals surface area (Å²) >= 11 is 0. The van der Waals surface area contributed by atoms with Crippen LogP contribution in [0.2, 0.25) is 0 Å². The molecule has 0 aromatic heterocycles. The van der Waals surface area contributed by atoms with Gasteiger partial charge >= 0.3 is 0 Å². The summed E-state index contributed by atoms with van der Waals surface area (Å²) in [6.45, 7) is 2.05. The van der Waals surface area contributed by atoms with Crippen LogP contribution in [0.5, 0.6) is 0 Å². The molecule has 56 valence electrons. The van der Waals surface area contributed by atoms with Gasteiger partial charge in [0.2, 0.25) is 0 Å². The molecule has 0 spiro atoms. The standard InChI is InChI=1S/C9H11BO/c1-2-9(11-10)8-6-4-3-5-7-8/h3-7,9H,2H2,1H3. The average Bonchev–Trinajstić information content (AvgIpc) is 2.09. The molecule has 1 unspecified atom stereocenters. The summed E-state index contributed by atoms with van der Waals surface area (Å²) in [6, 6.07) is 9.98. The molecule has 1 nitrogen and oxygen atoms in total. The highest BCUT2D eigenvalue weighted by atomic mass is 16.4. The Hall–Kier alpha value is -0.755. The van der Waals surface area contributed by atoms with Gasteiger partial charge in [0, 0.05) is 0 Å². The van der Waals surface area contributed by atoms with E-state index in [-0.39, 0.29) is 6.10 Å². The van der Waals surface area contributed by atoms with Crippen molar-refractivity contribution >= 4 is 8.05 Å². The Morgan fingerprint density at radius 2 is 2.00 bits per heavy atom. The van der Waals surface area contributed by atoms with E-state index >= 15 is 0 Å². The van der Waals surface area contributed by atoms with Crippen LogP contribution >= 0.6 is 0 Å². The van der Waals surface area contributed by atoms with Crippen molar-refractivity contribution in [3.8, 4) is 0 Å². The third-order valence-electron chi connectivity index (χ3n) is 1.71. The topological polar surface area (TPSA) is 9.23 Å². The predicted octanol–water partition coefficient (Wildman–Crippen LogP) is 2.24. The lowest BCUT2D eigenvalue weighted by atomic mass is 10.1. The molecular weight excluding hydrogens is 135 g/mol. The highest BCUT2D eigenvalue weighted by molar-refractivity contribution is 5.98. The van der Waals surface area contributed by atoms with Crippen molar-refractivity contribution in [1.82, 2.24) is 0 Å². The summed E-state index contributed by atoms with van der Waals surface area (Å²) in [6.07, 6.45) is 0.941. The van der Waals surface area contributed by atoms with Gasteiger partial charge in [0.25, 0.3) is 8.05 Å². The fourth-order valence-corrected chi connectivity index (χ4v) is 1.08. The van der Waals surface area contributed by atoms with E-state index in [1.165, 1.54) is 0 Å². The maximum Gasteiger partial charge on any atom is 0.283 e. The van der Waals surface area contributed by atoms with Gasteiger partial charge < -0.3 is 4.65 Å². The van der Waals surface area contributed by atoms with Crippen LogP contribution < -0.4 is 0 Å². The minimum Gasteiger partial charge on any atom is -0.441 e. The maximum atomic E-state index is 5.12. The maximum absolute atomic E-state index is 5.12. The Balaban J connectivity index is 2.74. The normalized spacial score (nSPS) is 12.8. The van der Waals surface area contributed by atoms with E-state index in [1.54, 1.807) is 0 Å². The molecule has 0 heterocycles. The van der Waals surface area contributed by atoms with Crippen LogP contribution in [0.4, 0.5) is 0 Å². The summed E-state index contributed by atoms with van der Waals surface area (Å²) in [5.74, 6) is 0. The van der Waals surface area contributed by atoms with Gasteiger partial charge in [-0.3, -0.25) is 0 Å². The SMILES string of the molecule is [B]OC(CC)c1ccccc1. The molecule has 0 fully saturated rings. The van der Waals surface area contributed by atoms with Crippen molar-refractivity contribution in [2.24, 2.45) is 0 Å². The van der Waals surface area contributed by atoms with Crippen molar-refractivity contribution in [1.29, 1.82) is 0 Å². The molecule has 0 saturated heterocycles. The van der Waals surface area contributed by atoms with Gasteiger partial charge in [-0.25, -0.2) is 0 Å². The van der Waals surface area contributed by atoms with Gasteiger partial charge in [-0.2, -0.15) is 0 Å². The van der Waals surface area contributed by atoms with Crippen molar-refractivity contribution in [3.05, 3.63) is 35.9 Å². The van der Waals surface area contributed by atoms with E-state index in [1.807, 2.05) is 37.3 Å². The van der Waals surface area contributed by atoms with Crippen LogP contribution in [-0.4, -0.2) is 8.05 Å². The first-order valence-electron chi connectivity index (χ1n) is 3.79. The summed E-state index contributed by atoms with van der Waals surface area (Å²) in [4.78, 5) is 0. The van der Waals surface area contributed by atoms with Crippen LogP contribution in [0.3, 0.4) is 0 Å². The molecule has 1 rings (SSSR count). The van der Waals surface area contributed by atoms with Crippen molar-refractivity contribution < 1.29 is 4.65 Å². The van der Waals surface area contributed by atoms with E-state index in [4.69, 9.17) is 12.7 Å². The molecule has 0 amide bonds. The van der Waals surface area contributed by atoms with Crippen LogP contribution in [-0.2, 0) is 4.65 Å². The Morgan fingerprint density at radius 3 is 2.45 bits per heavy atom. The molecule has 2 heteroatoms. The second kappa shape index (κ2) is 4.19. The fraction of sp³-hybridized carbons (Fsp3) is 0.333. The van der Waals surface area contributed by atoms with Gasteiger partial charge in [0.05, 0.1) is 6.10 Å². The third kappa shape index (κ3) is 2.09. The average molecular weight is 146 g/mol. The molecule has 1 aromatic carbocycles. The quantitative estimate of drug-likeness (QED) is 0.594. The molecule has 0 aliphatic carbocycles. The molecule has 11 heavy (non-hydrogen) atoms. The first-order valence-corrected chi connectivity index (χ1v) is 3.79. The van der Waals surface area contributed by atoms with E-state index in [0.29, 0.717) is 0 Å². The van der Waals surface area contributed by atoms with Gasteiger partial charge in [-0.05, 0) is 12.0 Å². The predicted molar refractivity (Wildman–Crippen MR) is 46.3 cm³/mol. The smallest absolute Gasteiger partial charge is 0.283 e. The number of rotatable bonds is 3. The van der Waals surface area contributed by atoms with Crippen molar-refractivity contribution in [2.75, 3.05) is 0 Å². The first-order chi connectivity index (χ1) is 5.38. The molecule has 1 aromatic rings. The Labute approximate surface area is 68.8 Å². The van der Waals surface area contributed by atoms with E-state index in [9.17, 15) is 0 Å². The second-order valence-electron chi connectivity index (χ2n) is 2.44. The van der Waals surface area contributed by atoms with E-state index in [0.717, 1.165) is 12.0 Å². The van der Waals surface area contributed by atoms with Crippen molar-refractivity contribution in [2.45, 2.75) is 19.4 Å². The number of hydrogen-bond donors (Lipinski definition) is 0. The van der Waals surface area contributed by atoms with E-state index < -0.39 is 0 Å². The van der Waals surface area contributed by atoms with Gasteiger partial charge in [-0.1, -0.05) is 37.3 Å². The molecule has 0 aliphatic rings. The van der Waals surface area contributed by atoms with Crippen LogP contribution in [0.1, 0.15) is 25.0 Å². The van der Waals surface area contributed by atoms with Crippen LogP contribution in [0, 0.1) is 0 Å². The minimum absolute atomic E-state index is 0.0381. The lowest BCUT2D eigenvalue weighted by molar-refractivity contribution is 0.222. The van der Waals surface area contributed by atoms with E-state index in [2.05, 4.69) is 0 Å². The third-order valence-corrected chi connectivity index (χ3v) is 1.71. The summed E-state index contributed by atoms with van der Waals surface area (Å²) < 4.78 is 4.79. The second-order valence-corrected chi connectivity index (χ2v) is 2.44. The molecule has 0 saturated carbocycles. The largest absolute Gasteiger partial charge is 0.441 e. The zero-order valence-electron chi connectivity index (χ0n) is 6.66. The molecule has 2 radical (unpaired) electrons. The minimum atomic E-state index is 0.0381. The Morgan fingerprint density at radius 1 is 1.36 bits per heavy atom. The number of benzene rings is 1. The van der Waals surface area contributed by atoms with Gasteiger partial charge in [-0.15, -0.1) is 0 Å². The van der Waals surface area contributed by atoms with Crippen molar-refractivity contribution in [3.63, 3.8) is 0 Å². The first kappa shape index (κ1) is 8.34. The molecule has 0 N–H and O–H groups in total. The lowest BCUT2D eigenvalue weighted by Gasteiger charge is -2.13. The monoisotopic (exact) mass is 146 g/mol. The van der Waals surface area contributed by atoms with Gasteiger partial charge in [0.15, 0.2) is 0 Å².